The summed E-state index contributed by atoms with van der Waals surface area (Å²) in [5.41, 5.74) is 5.73. The summed E-state index contributed by atoms with van der Waals surface area (Å²) in [4.78, 5) is 16.5. The van der Waals surface area contributed by atoms with Crippen molar-refractivity contribution in [2.75, 3.05) is 23.1 Å². The third-order valence-corrected chi connectivity index (χ3v) is 4.10. The van der Waals surface area contributed by atoms with Gasteiger partial charge in [-0.05, 0) is 20.8 Å². The van der Waals surface area contributed by atoms with Gasteiger partial charge in [-0.2, -0.15) is 0 Å². The Labute approximate surface area is 119 Å². The minimum Gasteiger partial charge on any atom is -0.382 e. The molecule has 0 aromatic carbocycles. The molecule has 0 aliphatic rings. The Morgan fingerprint density at radius 2 is 2.11 bits per heavy atom. The van der Waals surface area contributed by atoms with Crippen LogP contribution in [0.3, 0.4) is 0 Å². The summed E-state index contributed by atoms with van der Waals surface area (Å²) < 4.78 is 11.1. The highest BCUT2D eigenvalue weighted by atomic mass is 32.2. The van der Waals surface area contributed by atoms with Crippen molar-refractivity contribution >= 4 is 39.0 Å². The van der Waals surface area contributed by atoms with E-state index in [9.17, 15) is 9.00 Å². The first-order valence-corrected chi connectivity index (χ1v) is 8.47. The molecule has 1 aromatic heterocycles. The van der Waals surface area contributed by atoms with Crippen LogP contribution in [0.4, 0.5) is 10.9 Å². The minimum atomic E-state index is -0.947. The fourth-order valence-electron chi connectivity index (χ4n) is 1.49. The number of rotatable bonds is 6. The maximum Gasteiger partial charge on any atom is 0.265 e. The molecule has 0 aliphatic heterocycles. The van der Waals surface area contributed by atoms with E-state index in [2.05, 4.69) is 15.6 Å². The fraction of sp³-hybridized carbons (Fsp3) is 0.636. The summed E-state index contributed by atoms with van der Waals surface area (Å²) in [6, 6.07) is 0.0595. The lowest BCUT2D eigenvalue weighted by atomic mass is 10.3. The molecule has 0 radical (unpaired) electrons. The molecule has 0 saturated heterocycles. The molecule has 1 rings (SSSR count). The molecule has 0 fully saturated rings. The lowest BCUT2D eigenvalue weighted by molar-refractivity contribution is 0.0948. The number of thiazole rings is 1. The standard InChI is InChI=1S/C11H20N4O2S2/c1-6(2)13-11-15-9(12)8(18-11)10(16)14-7(3)5-19(4)17/h6-7H,5,12H2,1-4H3,(H,13,15)(H,14,16). The molecule has 2 atom stereocenters. The van der Waals surface area contributed by atoms with Crippen molar-refractivity contribution in [1.82, 2.24) is 10.3 Å². The molecule has 0 bridgehead atoms. The number of nitrogens with zero attached hydrogens (tertiary/aromatic N) is 1. The number of hydrogen-bond donors (Lipinski definition) is 3. The van der Waals surface area contributed by atoms with Crippen molar-refractivity contribution in [2.24, 2.45) is 0 Å². The van der Waals surface area contributed by atoms with E-state index in [1.54, 1.807) is 6.26 Å². The van der Waals surface area contributed by atoms with Crippen LogP contribution in [0, 0.1) is 0 Å². The molecule has 19 heavy (non-hydrogen) atoms. The van der Waals surface area contributed by atoms with E-state index < -0.39 is 10.8 Å². The Balaban J connectivity index is 2.71. The second-order valence-electron chi connectivity index (χ2n) is 4.65. The van der Waals surface area contributed by atoms with Crippen LogP contribution in [0.25, 0.3) is 0 Å². The van der Waals surface area contributed by atoms with E-state index in [0.717, 1.165) is 0 Å². The van der Waals surface area contributed by atoms with Crippen LogP contribution in [-0.2, 0) is 10.8 Å². The molecular formula is C11H20N4O2S2. The van der Waals surface area contributed by atoms with E-state index in [-0.39, 0.29) is 23.8 Å². The molecule has 8 heteroatoms. The summed E-state index contributed by atoms with van der Waals surface area (Å²) in [6.07, 6.45) is 1.61. The molecule has 0 aliphatic carbocycles. The zero-order valence-electron chi connectivity index (χ0n) is 11.5. The van der Waals surface area contributed by atoms with Crippen LogP contribution in [0.15, 0.2) is 0 Å². The van der Waals surface area contributed by atoms with E-state index in [1.165, 1.54) is 11.3 Å². The van der Waals surface area contributed by atoms with E-state index >= 15 is 0 Å². The highest BCUT2D eigenvalue weighted by Gasteiger charge is 2.18. The number of nitrogens with one attached hydrogen (secondary N) is 2. The normalized spacial score (nSPS) is 14.2. The Morgan fingerprint density at radius 3 is 2.63 bits per heavy atom. The Kier molecular flexibility index (Phi) is 5.74. The van der Waals surface area contributed by atoms with Crippen molar-refractivity contribution in [3.05, 3.63) is 4.88 Å². The lowest BCUT2D eigenvalue weighted by Crippen LogP contribution is -2.36. The quantitative estimate of drug-likeness (QED) is 0.729. The first-order valence-electron chi connectivity index (χ1n) is 5.93. The van der Waals surface area contributed by atoms with Crippen molar-refractivity contribution in [3.8, 4) is 0 Å². The van der Waals surface area contributed by atoms with Gasteiger partial charge in [0.25, 0.3) is 5.91 Å². The number of nitrogen functional groups attached to an aromatic ring is 1. The molecule has 0 spiro atoms. The third-order valence-electron chi connectivity index (χ3n) is 2.13. The predicted octanol–water partition coefficient (Wildman–Crippen LogP) is 1.04. The smallest absolute Gasteiger partial charge is 0.265 e. The van der Waals surface area contributed by atoms with Crippen molar-refractivity contribution in [2.45, 2.75) is 32.9 Å². The monoisotopic (exact) mass is 304 g/mol. The molecule has 0 saturated carbocycles. The average molecular weight is 304 g/mol. The van der Waals surface area contributed by atoms with Crippen molar-refractivity contribution in [3.63, 3.8) is 0 Å². The van der Waals surface area contributed by atoms with Crippen molar-refractivity contribution in [1.29, 1.82) is 0 Å². The maximum atomic E-state index is 12.0. The number of nitrogens with two attached hydrogens (primary N) is 1. The topological polar surface area (TPSA) is 97.1 Å². The second kappa shape index (κ2) is 6.85. The van der Waals surface area contributed by atoms with Gasteiger partial charge in [0, 0.05) is 34.9 Å². The highest BCUT2D eigenvalue weighted by Crippen LogP contribution is 2.25. The fourth-order valence-corrected chi connectivity index (χ4v) is 3.21. The molecule has 1 aromatic rings. The van der Waals surface area contributed by atoms with Gasteiger partial charge in [-0.15, -0.1) is 0 Å². The summed E-state index contributed by atoms with van der Waals surface area (Å²) >= 11 is 1.22. The third kappa shape index (κ3) is 5.15. The second-order valence-corrected chi connectivity index (χ2v) is 7.13. The highest BCUT2D eigenvalue weighted by molar-refractivity contribution is 7.84. The number of aromatic nitrogens is 1. The van der Waals surface area contributed by atoms with Crippen LogP contribution in [-0.4, -0.2) is 39.2 Å². The Hall–Kier alpha value is -1.15. The average Bonchev–Trinajstić information content (AvgIpc) is 2.56. The number of carbonyl (C=O) groups is 1. The van der Waals surface area contributed by atoms with Crippen LogP contribution in [0.2, 0.25) is 0 Å². The predicted molar refractivity (Wildman–Crippen MR) is 81.1 cm³/mol. The minimum absolute atomic E-state index is 0.165. The first-order chi connectivity index (χ1) is 8.79. The van der Waals surface area contributed by atoms with Gasteiger partial charge in [0.05, 0.1) is 0 Å². The zero-order valence-corrected chi connectivity index (χ0v) is 13.2. The van der Waals surface area contributed by atoms with Crippen LogP contribution >= 0.6 is 11.3 Å². The van der Waals surface area contributed by atoms with E-state index in [4.69, 9.17) is 5.73 Å². The lowest BCUT2D eigenvalue weighted by Gasteiger charge is -2.11. The van der Waals surface area contributed by atoms with Gasteiger partial charge >= 0.3 is 0 Å². The van der Waals surface area contributed by atoms with Gasteiger partial charge < -0.3 is 16.4 Å². The summed E-state index contributed by atoms with van der Waals surface area (Å²) in [6.45, 7) is 5.77. The van der Waals surface area contributed by atoms with Gasteiger partial charge in [0.2, 0.25) is 0 Å². The van der Waals surface area contributed by atoms with Gasteiger partial charge in [0.15, 0.2) is 5.13 Å². The van der Waals surface area contributed by atoms with Crippen molar-refractivity contribution < 1.29 is 9.00 Å². The van der Waals surface area contributed by atoms with Crippen LogP contribution in [0.1, 0.15) is 30.4 Å². The maximum absolute atomic E-state index is 12.0. The molecule has 2 unspecified atom stereocenters. The number of amides is 1. The van der Waals surface area contributed by atoms with Crippen LogP contribution in [0.5, 0.6) is 0 Å². The summed E-state index contributed by atoms with van der Waals surface area (Å²) in [5, 5.41) is 6.50. The summed E-state index contributed by atoms with van der Waals surface area (Å²) in [5.74, 6) is 0.363. The number of carbonyl (C=O) groups excluding carboxylic acids is 1. The molecule has 4 N–H and O–H groups in total. The number of hydrogen-bond acceptors (Lipinski definition) is 6. The Morgan fingerprint density at radius 1 is 1.47 bits per heavy atom. The largest absolute Gasteiger partial charge is 0.382 e. The van der Waals surface area contributed by atoms with E-state index in [1.807, 2.05) is 20.8 Å². The van der Waals surface area contributed by atoms with Crippen LogP contribution < -0.4 is 16.4 Å². The molecule has 6 nitrogen and oxygen atoms in total. The van der Waals surface area contributed by atoms with E-state index in [0.29, 0.717) is 15.8 Å². The van der Waals surface area contributed by atoms with Gasteiger partial charge in [-0.1, -0.05) is 11.3 Å². The zero-order chi connectivity index (χ0) is 14.6. The van der Waals surface area contributed by atoms with Gasteiger partial charge in [0.1, 0.15) is 10.7 Å². The molecule has 108 valence electrons. The molecule has 1 amide bonds. The van der Waals surface area contributed by atoms with Gasteiger partial charge in [-0.25, -0.2) is 4.98 Å². The van der Waals surface area contributed by atoms with Gasteiger partial charge in [-0.3, -0.25) is 9.00 Å². The SMILES string of the molecule is CC(C)Nc1nc(N)c(C(=O)NC(C)CS(C)=O)s1. The first kappa shape index (κ1) is 15.9. The molecular weight excluding hydrogens is 284 g/mol. The Bertz CT molecular complexity index is 473. The molecule has 1 heterocycles. The number of anilines is 2. The summed E-state index contributed by atoms with van der Waals surface area (Å²) in [7, 11) is -0.947.